The lowest BCUT2D eigenvalue weighted by Gasteiger charge is -2.14. The van der Waals surface area contributed by atoms with Gasteiger partial charge in [0.1, 0.15) is 5.75 Å². The van der Waals surface area contributed by atoms with E-state index in [4.69, 9.17) is 0 Å². The lowest BCUT2D eigenvalue weighted by Crippen LogP contribution is -2.24. The van der Waals surface area contributed by atoms with Crippen LogP contribution in [0.5, 0.6) is 5.75 Å². The van der Waals surface area contributed by atoms with Crippen LogP contribution in [-0.4, -0.2) is 11.1 Å². The normalized spacial score (nSPS) is 10.9. The highest BCUT2D eigenvalue weighted by atomic mass is 16.4. The molecule has 130 valence electrons. The first kappa shape index (κ1) is 19.5. The number of hydrogen-bond acceptors (Lipinski definition) is 3. The van der Waals surface area contributed by atoms with Crippen molar-refractivity contribution in [3.05, 3.63) is 28.8 Å². The topological polar surface area (TPSA) is 60.4 Å². The van der Waals surface area contributed by atoms with E-state index in [2.05, 4.69) is 19.9 Å². The monoisotopic (exact) mass is 319 g/mol. The van der Waals surface area contributed by atoms with E-state index in [0.29, 0.717) is 5.56 Å². The average Bonchev–Trinajstić information content (AvgIpc) is 2.51. The Morgan fingerprint density at radius 3 is 2.04 bits per heavy atom. The van der Waals surface area contributed by atoms with Crippen LogP contribution < -0.4 is 5.11 Å². The minimum atomic E-state index is -1.14. The molecule has 0 aliphatic carbocycles. The van der Waals surface area contributed by atoms with Crippen LogP contribution in [0.4, 0.5) is 0 Å². The van der Waals surface area contributed by atoms with Crippen molar-refractivity contribution in [1.29, 1.82) is 0 Å². The fourth-order valence-electron chi connectivity index (χ4n) is 2.96. The molecule has 1 N–H and O–H groups in total. The molecule has 0 saturated carbocycles. The molecule has 0 bridgehead atoms. The molecule has 0 unspecified atom stereocenters. The SMILES string of the molecule is CCCCCCc1cc(CCCCCC)c(O)c(CC(=O)[O-])c1. The van der Waals surface area contributed by atoms with E-state index in [1.165, 1.54) is 32.1 Å². The Morgan fingerprint density at radius 1 is 0.913 bits per heavy atom. The van der Waals surface area contributed by atoms with Gasteiger partial charge in [-0.3, -0.25) is 0 Å². The molecule has 0 spiro atoms. The first-order valence-electron chi connectivity index (χ1n) is 9.11. The van der Waals surface area contributed by atoms with Gasteiger partial charge in [-0.2, -0.15) is 0 Å². The number of carbonyl (C=O) groups is 1. The van der Waals surface area contributed by atoms with Gasteiger partial charge in [0.2, 0.25) is 0 Å². The second kappa shape index (κ2) is 11.1. The van der Waals surface area contributed by atoms with Gasteiger partial charge in [0.15, 0.2) is 0 Å². The lowest BCUT2D eigenvalue weighted by molar-refractivity contribution is -0.304. The number of carboxylic acid groups (broad SMARTS) is 1. The number of aromatic hydroxyl groups is 1. The molecule has 0 aromatic heterocycles. The predicted octanol–water partition coefficient (Wildman–Crippen LogP) is 3.93. The predicted molar refractivity (Wildman–Crippen MR) is 92.5 cm³/mol. The van der Waals surface area contributed by atoms with E-state index in [1.807, 2.05) is 6.07 Å². The summed E-state index contributed by atoms with van der Waals surface area (Å²) >= 11 is 0. The molecule has 3 heteroatoms. The van der Waals surface area contributed by atoms with E-state index in [-0.39, 0.29) is 12.2 Å². The Balaban J connectivity index is 2.81. The number of carboxylic acids is 1. The number of carbonyl (C=O) groups excluding carboxylic acids is 1. The number of hydrogen-bond donors (Lipinski definition) is 1. The van der Waals surface area contributed by atoms with Gasteiger partial charge in [0, 0.05) is 18.0 Å². The summed E-state index contributed by atoms with van der Waals surface area (Å²) in [6.07, 6.45) is 10.8. The van der Waals surface area contributed by atoms with Crippen molar-refractivity contribution in [1.82, 2.24) is 0 Å². The zero-order valence-corrected chi connectivity index (χ0v) is 14.7. The first-order valence-corrected chi connectivity index (χ1v) is 9.11. The Kier molecular flexibility index (Phi) is 9.42. The molecule has 0 heterocycles. The second-order valence-corrected chi connectivity index (χ2v) is 6.43. The zero-order valence-electron chi connectivity index (χ0n) is 14.7. The van der Waals surface area contributed by atoms with Crippen LogP contribution in [0.3, 0.4) is 0 Å². The van der Waals surface area contributed by atoms with E-state index < -0.39 is 5.97 Å². The van der Waals surface area contributed by atoms with Crippen LogP contribution in [0.15, 0.2) is 12.1 Å². The van der Waals surface area contributed by atoms with Crippen molar-refractivity contribution in [2.24, 2.45) is 0 Å². The van der Waals surface area contributed by atoms with E-state index >= 15 is 0 Å². The average molecular weight is 319 g/mol. The molecular weight excluding hydrogens is 288 g/mol. The highest BCUT2D eigenvalue weighted by Gasteiger charge is 2.10. The summed E-state index contributed by atoms with van der Waals surface area (Å²) in [7, 11) is 0. The number of rotatable bonds is 12. The third-order valence-corrected chi connectivity index (χ3v) is 4.28. The van der Waals surface area contributed by atoms with Crippen LogP contribution in [0.2, 0.25) is 0 Å². The maximum Gasteiger partial charge on any atom is 0.122 e. The number of aryl methyl sites for hydroxylation is 2. The zero-order chi connectivity index (χ0) is 17.1. The third kappa shape index (κ3) is 7.54. The van der Waals surface area contributed by atoms with Crippen LogP contribution >= 0.6 is 0 Å². The number of phenols is 1. The fourth-order valence-corrected chi connectivity index (χ4v) is 2.96. The van der Waals surface area contributed by atoms with E-state index in [0.717, 1.165) is 43.2 Å². The van der Waals surface area contributed by atoms with Crippen molar-refractivity contribution in [2.45, 2.75) is 84.5 Å². The highest BCUT2D eigenvalue weighted by molar-refractivity contribution is 5.69. The van der Waals surface area contributed by atoms with Crippen molar-refractivity contribution in [3.8, 4) is 5.75 Å². The molecule has 1 rings (SSSR count). The Labute approximate surface area is 140 Å². The summed E-state index contributed by atoms with van der Waals surface area (Å²) in [6, 6.07) is 3.90. The summed E-state index contributed by atoms with van der Waals surface area (Å²) in [6.45, 7) is 4.36. The summed E-state index contributed by atoms with van der Waals surface area (Å²) < 4.78 is 0. The highest BCUT2D eigenvalue weighted by Crippen LogP contribution is 2.28. The van der Waals surface area contributed by atoms with Gasteiger partial charge < -0.3 is 15.0 Å². The molecule has 0 aliphatic rings. The number of unbranched alkanes of at least 4 members (excludes halogenated alkanes) is 6. The van der Waals surface area contributed by atoms with E-state index in [9.17, 15) is 15.0 Å². The van der Waals surface area contributed by atoms with Gasteiger partial charge in [-0.05, 0) is 36.8 Å². The molecule has 23 heavy (non-hydrogen) atoms. The number of phenolic OH excluding ortho intramolecular Hbond substituents is 1. The third-order valence-electron chi connectivity index (χ3n) is 4.28. The Morgan fingerprint density at radius 2 is 1.48 bits per heavy atom. The van der Waals surface area contributed by atoms with Gasteiger partial charge in [0.25, 0.3) is 0 Å². The quantitative estimate of drug-likeness (QED) is 0.594. The Hall–Kier alpha value is -1.51. The molecule has 0 aliphatic heterocycles. The van der Waals surface area contributed by atoms with Crippen LogP contribution in [0.1, 0.15) is 81.9 Å². The van der Waals surface area contributed by atoms with Gasteiger partial charge in [0.05, 0.1) is 0 Å². The maximum atomic E-state index is 10.9. The fraction of sp³-hybridized carbons (Fsp3) is 0.650. The molecule has 1 aromatic carbocycles. The van der Waals surface area contributed by atoms with Gasteiger partial charge in [-0.1, -0.05) is 64.5 Å². The largest absolute Gasteiger partial charge is 0.550 e. The summed E-state index contributed by atoms with van der Waals surface area (Å²) in [5.74, 6) is -0.983. The Bertz CT molecular complexity index is 480. The van der Waals surface area contributed by atoms with Crippen LogP contribution in [-0.2, 0) is 24.1 Å². The molecule has 1 aromatic rings. The minimum absolute atomic E-state index is 0.156. The van der Waals surface area contributed by atoms with Crippen LogP contribution in [0.25, 0.3) is 0 Å². The van der Waals surface area contributed by atoms with Crippen molar-refractivity contribution < 1.29 is 15.0 Å². The lowest BCUT2D eigenvalue weighted by atomic mass is 9.95. The summed E-state index contributed by atoms with van der Waals surface area (Å²) in [4.78, 5) is 10.9. The van der Waals surface area contributed by atoms with Crippen molar-refractivity contribution in [3.63, 3.8) is 0 Å². The molecular formula is C20H31O3-. The molecule has 0 atom stereocenters. The van der Waals surface area contributed by atoms with Crippen LogP contribution in [0, 0.1) is 0 Å². The smallest absolute Gasteiger partial charge is 0.122 e. The van der Waals surface area contributed by atoms with Crippen molar-refractivity contribution in [2.75, 3.05) is 0 Å². The summed E-state index contributed by atoms with van der Waals surface area (Å²) in [5.41, 5.74) is 2.54. The van der Waals surface area contributed by atoms with Gasteiger partial charge >= 0.3 is 0 Å². The molecule has 0 saturated heterocycles. The molecule has 0 fully saturated rings. The number of benzene rings is 1. The van der Waals surface area contributed by atoms with Gasteiger partial charge in [-0.25, -0.2) is 0 Å². The van der Waals surface area contributed by atoms with Gasteiger partial charge in [-0.15, -0.1) is 0 Å². The van der Waals surface area contributed by atoms with E-state index in [1.54, 1.807) is 0 Å². The summed E-state index contributed by atoms with van der Waals surface area (Å²) in [5, 5.41) is 21.3. The maximum absolute atomic E-state index is 10.9. The molecule has 0 amide bonds. The first-order chi connectivity index (χ1) is 11.1. The number of aliphatic carboxylic acids is 1. The van der Waals surface area contributed by atoms with Crippen molar-refractivity contribution >= 4 is 5.97 Å². The minimum Gasteiger partial charge on any atom is -0.550 e. The second-order valence-electron chi connectivity index (χ2n) is 6.43. The molecule has 0 radical (unpaired) electrons. The molecule has 3 nitrogen and oxygen atoms in total. The standard InChI is InChI=1S/C20H32O3/c1-3-5-7-9-11-16-13-17(12-10-8-6-4-2)20(23)18(14-16)15-19(21)22/h13-14,23H,3-12,15H2,1-2H3,(H,21,22)/p-1.